The van der Waals surface area contributed by atoms with E-state index in [1.54, 1.807) is 0 Å². The molecule has 1 fully saturated rings. The van der Waals surface area contributed by atoms with Crippen LogP contribution < -0.4 is 15.4 Å². The molecule has 138 valence electrons. The lowest BCUT2D eigenvalue weighted by Crippen LogP contribution is -2.46. The molecule has 0 radical (unpaired) electrons. The van der Waals surface area contributed by atoms with Gasteiger partial charge in [0.2, 0.25) is 0 Å². The van der Waals surface area contributed by atoms with Crippen molar-refractivity contribution < 1.29 is 4.74 Å². The number of anilines is 1. The van der Waals surface area contributed by atoms with Crippen LogP contribution in [0.4, 0.5) is 5.69 Å². The maximum atomic E-state index is 6.13. The highest BCUT2D eigenvalue weighted by molar-refractivity contribution is 5.59. The van der Waals surface area contributed by atoms with Crippen LogP contribution in [0.1, 0.15) is 24.1 Å². The van der Waals surface area contributed by atoms with Crippen molar-refractivity contribution >= 4 is 5.69 Å². The highest BCUT2D eigenvalue weighted by atomic mass is 16.5. The summed E-state index contributed by atoms with van der Waals surface area (Å²) in [7, 11) is 2.03. The fourth-order valence-corrected chi connectivity index (χ4v) is 3.89. The summed E-state index contributed by atoms with van der Waals surface area (Å²) < 4.78 is 8.19. The van der Waals surface area contributed by atoms with Crippen LogP contribution in [-0.4, -0.2) is 28.9 Å². The van der Waals surface area contributed by atoms with E-state index in [1.807, 2.05) is 25.2 Å². The number of benzene rings is 2. The minimum absolute atomic E-state index is 0.543. The van der Waals surface area contributed by atoms with Gasteiger partial charge in [-0.25, -0.2) is 0 Å². The minimum Gasteiger partial charge on any atom is -0.487 e. The molecule has 0 amide bonds. The summed E-state index contributed by atoms with van der Waals surface area (Å²) in [5.41, 5.74) is 5.55. The zero-order valence-electron chi connectivity index (χ0n) is 15.5. The number of hydrogen-bond acceptors (Lipinski definition) is 4. The van der Waals surface area contributed by atoms with Crippen LogP contribution in [0, 0.1) is 0 Å². The lowest BCUT2D eigenvalue weighted by Gasteiger charge is -2.36. The van der Waals surface area contributed by atoms with Crippen molar-refractivity contribution in [3.05, 3.63) is 65.9 Å². The highest BCUT2D eigenvalue weighted by Crippen LogP contribution is 2.31. The van der Waals surface area contributed by atoms with Crippen molar-refractivity contribution in [1.82, 2.24) is 15.1 Å². The molecule has 1 aliphatic carbocycles. The fraction of sp³-hybridized carbons (Fsp3) is 0.318. The summed E-state index contributed by atoms with van der Waals surface area (Å²) in [4.78, 5) is 0. The van der Waals surface area contributed by atoms with Gasteiger partial charge in [-0.3, -0.25) is 4.68 Å². The van der Waals surface area contributed by atoms with Crippen molar-refractivity contribution in [1.29, 1.82) is 0 Å². The first-order chi connectivity index (χ1) is 13.3. The van der Waals surface area contributed by atoms with E-state index in [9.17, 15) is 0 Å². The van der Waals surface area contributed by atoms with E-state index in [0.29, 0.717) is 18.7 Å². The summed E-state index contributed by atoms with van der Waals surface area (Å²) in [6.45, 7) is 1.28. The van der Waals surface area contributed by atoms with E-state index in [0.717, 1.165) is 34.9 Å². The third-order valence-corrected chi connectivity index (χ3v) is 5.61. The lowest BCUT2D eigenvalue weighted by molar-refractivity contribution is 0.301. The molecule has 2 heterocycles. The summed E-state index contributed by atoms with van der Waals surface area (Å²) in [5, 5.41) is 11.7. The van der Waals surface area contributed by atoms with Crippen molar-refractivity contribution in [2.75, 3.05) is 12.4 Å². The Morgan fingerprint density at radius 2 is 1.89 bits per heavy atom. The monoisotopic (exact) mass is 360 g/mol. The number of hydrogen-bond donors (Lipinski definition) is 2. The van der Waals surface area contributed by atoms with Gasteiger partial charge in [-0.2, -0.15) is 5.10 Å². The molecule has 2 aliphatic rings. The number of fused-ring (bicyclic) bond motifs is 2. The lowest BCUT2D eigenvalue weighted by atomic mass is 9.87. The van der Waals surface area contributed by atoms with Crippen molar-refractivity contribution in [2.45, 2.75) is 38.1 Å². The Bertz CT molecular complexity index is 944. The second-order valence-corrected chi connectivity index (χ2v) is 7.45. The van der Waals surface area contributed by atoms with Crippen LogP contribution >= 0.6 is 0 Å². The summed E-state index contributed by atoms with van der Waals surface area (Å²) >= 11 is 0. The maximum Gasteiger partial charge on any atom is 0.130 e. The normalized spacial score (nSPS) is 20.6. The Balaban J connectivity index is 1.34. The topological polar surface area (TPSA) is 51.1 Å². The molecule has 0 spiro atoms. The van der Waals surface area contributed by atoms with Crippen LogP contribution in [0.2, 0.25) is 0 Å². The zero-order chi connectivity index (χ0) is 18.2. The van der Waals surface area contributed by atoms with Gasteiger partial charge < -0.3 is 15.4 Å². The molecule has 0 saturated heterocycles. The average molecular weight is 360 g/mol. The summed E-state index contributed by atoms with van der Waals surface area (Å²) in [6.07, 6.45) is 2.35. The van der Waals surface area contributed by atoms with Crippen LogP contribution in [0.3, 0.4) is 0 Å². The van der Waals surface area contributed by atoms with Gasteiger partial charge in [0.1, 0.15) is 12.4 Å². The smallest absolute Gasteiger partial charge is 0.130 e. The van der Waals surface area contributed by atoms with Crippen LogP contribution in [-0.2, 0) is 13.2 Å². The number of aromatic nitrogens is 2. The Morgan fingerprint density at radius 3 is 2.70 bits per heavy atom. The molecule has 27 heavy (non-hydrogen) atoms. The molecule has 5 nitrogen and oxygen atoms in total. The predicted molar refractivity (Wildman–Crippen MR) is 107 cm³/mol. The maximum absolute atomic E-state index is 6.13. The van der Waals surface area contributed by atoms with Crippen molar-refractivity contribution in [2.24, 2.45) is 0 Å². The number of ether oxygens (including phenoxy) is 1. The van der Waals surface area contributed by atoms with E-state index in [1.165, 1.54) is 18.4 Å². The van der Waals surface area contributed by atoms with Crippen LogP contribution in [0.15, 0.2) is 54.6 Å². The van der Waals surface area contributed by atoms with E-state index in [2.05, 4.69) is 51.7 Å². The summed E-state index contributed by atoms with van der Waals surface area (Å²) in [5.74, 6) is 0.955. The predicted octanol–water partition coefficient (Wildman–Crippen LogP) is 3.65. The molecule has 0 atom stereocenters. The van der Waals surface area contributed by atoms with Crippen LogP contribution in [0.5, 0.6) is 5.75 Å². The number of rotatable bonds is 4. The Labute approximate surface area is 159 Å². The van der Waals surface area contributed by atoms with Crippen molar-refractivity contribution in [3.8, 4) is 17.0 Å². The van der Waals surface area contributed by atoms with E-state index < -0.39 is 0 Å². The molecular weight excluding hydrogens is 336 g/mol. The van der Waals surface area contributed by atoms with Gasteiger partial charge in [-0.15, -0.1) is 0 Å². The average Bonchev–Trinajstić information content (AvgIpc) is 2.99. The fourth-order valence-electron chi connectivity index (χ4n) is 3.89. The SMILES string of the molecule is CNC1CC(Nc2ccc3c(c2)OCc2cc(-c4ccccc4)nn2C3)C1. The Morgan fingerprint density at radius 1 is 1.04 bits per heavy atom. The van der Waals surface area contributed by atoms with Gasteiger partial charge in [0.15, 0.2) is 0 Å². The molecule has 1 aliphatic heterocycles. The quantitative estimate of drug-likeness (QED) is 0.746. The van der Waals surface area contributed by atoms with E-state index in [4.69, 9.17) is 9.84 Å². The Kier molecular flexibility index (Phi) is 4.09. The van der Waals surface area contributed by atoms with Gasteiger partial charge in [0.05, 0.1) is 17.9 Å². The molecular formula is C22H24N4O. The molecule has 5 heteroatoms. The van der Waals surface area contributed by atoms with E-state index >= 15 is 0 Å². The minimum atomic E-state index is 0.543. The van der Waals surface area contributed by atoms with Gasteiger partial charge in [-0.1, -0.05) is 36.4 Å². The van der Waals surface area contributed by atoms with Gasteiger partial charge in [-0.05, 0) is 32.0 Å². The summed E-state index contributed by atoms with van der Waals surface area (Å²) in [6, 6.07) is 20.1. The zero-order valence-corrected chi connectivity index (χ0v) is 15.5. The second-order valence-electron chi connectivity index (χ2n) is 7.45. The molecule has 5 rings (SSSR count). The number of nitrogens with one attached hydrogen (secondary N) is 2. The molecule has 2 aromatic carbocycles. The van der Waals surface area contributed by atoms with Crippen molar-refractivity contribution in [3.63, 3.8) is 0 Å². The third kappa shape index (κ3) is 3.19. The molecule has 3 aromatic rings. The molecule has 2 N–H and O–H groups in total. The molecule has 1 saturated carbocycles. The van der Waals surface area contributed by atoms with Gasteiger partial charge in [0.25, 0.3) is 0 Å². The first-order valence-electron chi connectivity index (χ1n) is 9.60. The molecule has 1 aromatic heterocycles. The Hall–Kier alpha value is -2.79. The van der Waals surface area contributed by atoms with Gasteiger partial charge >= 0.3 is 0 Å². The standard InChI is InChI=1S/C22H24N4O/c1-23-18-9-19(10-18)24-17-8-7-16-13-26-20(14-27-22(16)11-17)12-21(25-26)15-5-3-2-4-6-15/h2-8,11-12,18-19,23-24H,9-10,13-14H2,1H3. The molecule has 0 unspecified atom stereocenters. The first-order valence-corrected chi connectivity index (χ1v) is 9.60. The largest absolute Gasteiger partial charge is 0.487 e. The van der Waals surface area contributed by atoms with Gasteiger partial charge in [0, 0.05) is 35.0 Å². The third-order valence-electron chi connectivity index (χ3n) is 5.61. The molecule has 0 bridgehead atoms. The highest BCUT2D eigenvalue weighted by Gasteiger charge is 2.27. The number of nitrogens with zero attached hydrogens (tertiary/aromatic N) is 2. The van der Waals surface area contributed by atoms with Crippen LogP contribution in [0.25, 0.3) is 11.3 Å². The second kappa shape index (κ2) is 6.74. The first kappa shape index (κ1) is 16.4. The van der Waals surface area contributed by atoms with E-state index in [-0.39, 0.29) is 0 Å².